The number of anilines is 1. The third-order valence-electron chi connectivity index (χ3n) is 6.28. The zero-order valence-electron chi connectivity index (χ0n) is 15.4. The summed E-state index contributed by atoms with van der Waals surface area (Å²) in [5.74, 6) is 1.38. The van der Waals surface area contributed by atoms with E-state index in [-0.39, 0.29) is 17.8 Å². The Morgan fingerprint density at radius 1 is 1.11 bits per heavy atom. The van der Waals surface area contributed by atoms with Gasteiger partial charge >= 0.3 is 0 Å². The molecule has 3 fully saturated rings. The highest BCUT2D eigenvalue weighted by Crippen LogP contribution is 2.50. The Morgan fingerprint density at radius 3 is 2.37 bits per heavy atom. The van der Waals surface area contributed by atoms with Gasteiger partial charge in [-0.25, -0.2) is 4.39 Å². The minimum absolute atomic E-state index is 0.147. The molecule has 1 aliphatic heterocycles. The molecule has 2 aromatic rings. The average Bonchev–Trinajstić information content (AvgIpc) is 3.54. The molecular weight excluding hydrogens is 343 g/mol. The van der Waals surface area contributed by atoms with Crippen molar-refractivity contribution in [3.05, 3.63) is 53.5 Å². The average molecular weight is 366 g/mol. The fraction of sp³-hybridized carbons (Fsp3) is 0.476. The lowest BCUT2D eigenvalue weighted by Gasteiger charge is -2.45. The normalized spacial score (nSPS) is 20.9. The number of hydrogen-bond acceptors (Lipinski definition) is 4. The summed E-state index contributed by atoms with van der Waals surface area (Å²) in [7, 11) is 1.88. The summed E-state index contributed by atoms with van der Waals surface area (Å²) in [6, 6.07) is 10.7. The summed E-state index contributed by atoms with van der Waals surface area (Å²) >= 11 is 0. The second kappa shape index (κ2) is 6.01. The summed E-state index contributed by atoms with van der Waals surface area (Å²) in [6.45, 7) is 1.55. The molecule has 3 aliphatic rings. The molecule has 27 heavy (non-hydrogen) atoms. The summed E-state index contributed by atoms with van der Waals surface area (Å²) < 4.78 is 13.2. The van der Waals surface area contributed by atoms with E-state index in [0.717, 1.165) is 43.0 Å². The number of halogens is 1. The zero-order valence-corrected chi connectivity index (χ0v) is 15.4. The molecule has 6 heteroatoms. The van der Waals surface area contributed by atoms with Crippen molar-refractivity contribution in [2.75, 3.05) is 25.0 Å². The maximum Gasteiger partial charge on any atom is 0.233 e. The van der Waals surface area contributed by atoms with Crippen LogP contribution in [-0.2, 0) is 10.2 Å². The fourth-order valence-electron chi connectivity index (χ4n) is 4.01. The van der Waals surface area contributed by atoms with Crippen LogP contribution >= 0.6 is 0 Å². The van der Waals surface area contributed by atoms with Gasteiger partial charge in [0.25, 0.3) is 0 Å². The Bertz CT molecular complexity index is 853. The molecule has 140 valence electrons. The molecule has 1 saturated heterocycles. The van der Waals surface area contributed by atoms with Crippen molar-refractivity contribution in [3.8, 4) is 0 Å². The van der Waals surface area contributed by atoms with E-state index in [1.807, 2.05) is 18.0 Å². The molecule has 0 N–H and O–H groups in total. The quantitative estimate of drug-likeness (QED) is 0.816. The molecule has 0 bridgehead atoms. The number of rotatable bonds is 5. The van der Waals surface area contributed by atoms with Gasteiger partial charge in [-0.15, -0.1) is 5.10 Å². The van der Waals surface area contributed by atoms with Crippen LogP contribution in [0.15, 0.2) is 36.4 Å². The van der Waals surface area contributed by atoms with Crippen molar-refractivity contribution in [3.63, 3.8) is 0 Å². The number of nitrogens with zero attached hydrogens (tertiary/aromatic N) is 4. The highest BCUT2D eigenvalue weighted by atomic mass is 19.1. The molecule has 0 radical (unpaired) electrons. The van der Waals surface area contributed by atoms with E-state index in [0.29, 0.717) is 5.92 Å². The second-order valence-corrected chi connectivity index (χ2v) is 8.15. The van der Waals surface area contributed by atoms with Gasteiger partial charge in [0.1, 0.15) is 5.82 Å². The van der Waals surface area contributed by atoms with Crippen LogP contribution in [-0.4, -0.2) is 47.2 Å². The molecular formula is C21H23FN4O. The van der Waals surface area contributed by atoms with Gasteiger partial charge in [-0.05, 0) is 55.5 Å². The van der Waals surface area contributed by atoms with Crippen molar-refractivity contribution in [2.24, 2.45) is 0 Å². The largest absolute Gasteiger partial charge is 0.351 e. The van der Waals surface area contributed by atoms with E-state index < -0.39 is 5.41 Å². The molecule has 5 nitrogen and oxygen atoms in total. The highest BCUT2D eigenvalue weighted by Gasteiger charge is 2.54. The minimum Gasteiger partial charge on any atom is -0.351 e. The molecule has 2 saturated carbocycles. The lowest BCUT2D eigenvalue weighted by atomic mass is 9.93. The number of benzene rings is 1. The van der Waals surface area contributed by atoms with Gasteiger partial charge in [-0.2, -0.15) is 5.10 Å². The number of carbonyl (C=O) groups is 1. The molecule has 5 rings (SSSR count). The first-order valence-electron chi connectivity index (χ1n) is 9.69. The summed E-state index contributed by atoms with van der Waals surface area (Å²) in [4.78, 5) is 17.1. The van der Waals surface area contributed by atoms with E-state index in [9.17, 15) is 9.18 Å². The van der Waals surface area contributed by atoms with Crippen molar-refractivity contribution < 1.29 is 9.18 Å². The van der Waals surface area contributed by atoms with Gasteiger partial charge in [0.2, 0.25) is 5.91 Å². The van der Waals surface area contributed by atoms with Crippen molar-refractivity contribution in [2.45, 2.75) is 43.1 Å². The van der Waals surface area contributed by atoms with Gasteiger partial charge in [0, 0.05) is 26.1 Å². The Hall–Kier alpha value is -2.50. The van der Waals surface area contributed by atoms with Crippen LogP contribution in [0.1, 0.15) is 42.9 Å². The van der Waals surface area contributed by atoms with E-state index >= 15 is 0 Å². The molecule has 1 aromatic heterocycles. The maximum absolute atomic E-state index is 13.2. The van der Waals surface area contributed by atoms with Gasteiger partial charge in [-0.3, -0.25) is 4.79 Å². The van der Waals surface area contributed by atoms with Crippen molar-refractivity contribution in [1.82, 2.24) is 15.1 Å². The van der Waals surface area contributed by atoms with Crippen molar-refractivity contribution in [1.29, 1.82) is 0 Å². The SMILES string of the molecule is CN(C(=O)C1(c2ccc(F)cc2)CC1)C1CN(c2ccc(C3CC3)nn2)C1. The maximum atomic E-state index is 13.2. The van der Waals surface area contributed by atoms with Crippen LogP contribution in [0.4, 0.5) is 10.2 Å². The fourth-order valence-corrected chi connectivity index (χ4v) is 4.01. The van der Waals surface area contributed by atoms with Crippen molar-refractivity contribution >= 4 is 11.7 Å². The summed E-state index contributed by atoms with van der Waals surface area (Å²) in [6.07, 6.45) is 4.13. The number of hydrogen-bond donors (Lipinski definition) is 0. The van der Waals surface area contributed by atoms with Gasteiger partial charge in [0.15, 0.2) is 5.82 Å². The predicted molar refractivity (Wildman–Crippen MR) is 100 cm³/mol. The number of aromatic nitrogens is 2. The van der Waals surface area contributed by atoms with Gasteiger partial charge in [0.05, 0.1) is 17.2 Å². The first-order valence-corrected chi connectivity index (χ1v) is 9.69. The highest BCUT2D eigenvalue weighted by molar-refractivity contribution is 5.91. The molecule has 0 spiro atoms. The topological polar surface area (TPSA) is 49.3 Å². The minimum atomic E-state index is -0.450. The summed E-state index contributed by atoms with van der Waals surface area (Å²) in [5.41, 5.74) is 1.57. The summed E-state index contributed by atoms with van der Waals surface area (Å²) in [5, 5.41) is 8.70. The van der Waals surface area contributed by atoms with Crippen LogP contribution in [0.3, 0.4) is 0 Å². The first-order chi connectivity index (χ1) is 13.1. The number of carbonyl (C=O) groups excluding carboxylic acids is 1. The molecule has 0 unspecified atom stereocenters. The Labute approximate surface area is 158 Å². The molecule has 1 aromatic carbocycles. The van der Waals surface area contributed by atoms with E-state index in [2.05, 4.69) is 21.2 Å². The number of likely N-dealkylation sites (N-methyl/N-ethyl adjacent to an activating group) is 1. The van der Waals surface area contributed by atoms with Gasteiger partial charge < -0.3 is 9.80 Å². The van der Waals surface area contributed by atoms with Crippen LogP contribution in [0.5, 0.6) is 0 Å². The standard InChI is InChI=1S/C21H23FN4O/c1-25(20(27)21(10-11-21)15-4-6-16(22)7-5-15)17-12-26(13-17)19-9-8-18(23-24-19)14-2-3-14/h4-9,14,17H,2-3,10-13H2,1H3. The lowest BCUT2D eigenvalue weighted by molar-refractivity contribution is -0.135. The predicted octanol–water partition coefficient (Wildman–Crippen LogP) is 2.87. The van der Waals surface area contributed by atoms with Crippen LogP contribution < -0.4 is 4.90 Å². The third kappa shape index (κ3) is 2.87. The zero-order chi connectivity index (χ0) is 18.6. The molecule has 1 amide bonds. The number of amides is 1. The lowest BCUT2D eigenvalue weighted by Crippen LogP contribution is -2.61. The molecule has 0 atom stereocenters. The molecule has 2 aliphatic carbocycles. The van der Waals surface area contributed by atoms with Crippen LogP contribution in [0.25, 0.3) is 0 Å². The third-order valence-corrected chi connectivity index (χ3v) is 6.28. The smallest absolute Gasteiger partial charge is 0.233 e. The van der Waals surface area contributed by atoms with Gasteiger partial charge in [-0.1, -0.05) is 12.1 Å². The monoisotopic (exact) mass is 366 g/mol. The first kappa shape index (κ1) is 16.7. The Morgan fingerprint density at radius 2 is 1.81 bits per heavy atom. The van der Waals surface area contributed by atoms with E-state index in [4.69, 9.17) is 0 Å². The Kier molecular flexibility index (Phi) is 3.71. The second-order valence-electron chi connectivity index (χ2n) is 8.15. The van der Waals surface area contributed by atoms with E-state index in [1.54, 1.807) is 12.1 Å². The Balaban J connectivity index is 1.22. The van der Waals surface area contributed by atoms with Crippen LogP contribution in [0.2, 0.25) is 0 Å². The molecule has 2 heterocycles. The van der Waals surface area contributed by atoms with E-state index in [1.165, 1.54) is 25.0 Å². The van der Waals surface area contributed by atoms with Crippen LogP contribution in [0, 0.1) is 5.82 Å².